The summed E-state index contributed by atoms with van der Waals surface area (Å²) in [7, 11) is 0. The molecule has 4 nitrogen and oxygen atoms in total. The van der Waals surface area contributed by atoms with Gasteiger partial charge in [0.15, 0.2) is 6.67 Å². The average Bonchev–Trinajstić information content (AvgIpc) is 2.36. The van der Waals surface area contributed by atoms with Gasteiger partial charge in [-0.3, -0.25) is 0 Å². The van der Waals surface area contributed by atoms with Gasteiger partial charge in [-0.15, -0.1) is 0 Å². The Morgan fingerprint density at radius 3 is 1.73 bits per heavy atom. The molecule has 0 saturated heterocycles. The summed E-state index contributed by atoms with van der Waals surface area (Å²) >= 11 is 0. The van der Waals surface area contributed by atoms with Crippen molar-refractivity contribution < 1.29 is 59.2 Å². The van der Waals surface area contributed by atoms with Crippen molar-refractivity contribution >= 4 is 0 Å². The SMILES string of the molecule is OCC(O)COCC(F)(F)C(F)(F)OC(F)(F)C(F)(F)CF. The zero-order chi connectivity index (χ0) is 17.8. The van der Waals surface area contributed by atoms with Gasteiger partial charge in [0.25, 0.3) is 0 Å². The van der Waals surface area contributed by atoms with Crippen molar-refractivity contribution in [1.82, 2.24) is 0 Å². The maximum atomic E-state index is 13.0. The normalized spacial score (nSPS) is 16.0. The van der Waals surface area contributed by atoms with Crippen LogP contribution in [0.1, 0.15) is 0 Å². The van der Waals surface area contributed by atoms with E-state index in [1.54, 1.807) is 0 Å². The lowest BCUT2D eigenvalue weighted by Crippen LogP contribution is -2.55. The summed E-state index contributed by atoms with van der Waals surface area (Å²) in [5.74, 6) is -11.3. The molecule has 134 valence electrons. The maximum absolute atomic E-state index is 13.0. The van der Waals surface area contributed by atoms with Gasteiger partial charge >= 0.3 is 24.1 Å². The number of hydrogen-bond donors (Lipinski definition) is 2. The van der Waals surface area contributed by atoms with E-state index in [4.69, 9.17) is 10.2 Å². The fourth-order valence-electron chi connectivity index (χ4n) is 0.848. The van der Waals surface area contributed by atoms with Gasteiger partial charge in [-0.05, 0) is 0 Å². The van der Waals surface area contributed by atoms with E-state index in [2.05, 4.69) is 9.47 Å². The second-order valence-electron chi connectivity index (χ2n) is 4.03. The third kappa shape index (κ3) is 5.14. The van der Waals surface area contributed by atoms with Gasteiger partial charge in [0.2, 0.25) is 0 Å². The molecule has 0 aromatic carbocycles. The Hall–Kier alpha value is -0.790. The Balaban J connectivity index is 4.89. The number of aliphatic hydroxyl groups excluding tert-OH is 2. The Morgan fingerprint density at radius 2 is 1.32 bits per heavy atom. The monoisotopic (exact) mass is 354 g/mol. The molecule has 0 fully saturated rings. The average molecular weight is 354 g/mol. The van der Waals surface area contributed by atoms with E-state index in [1.807, 2.05) is 0 Å². The smallest absolute Gasteiger partial charge is 0.394 e. The van der Waals surface area contributed by atoms with Crippen molar-refractivity contribution in [3.05, 3.63) is 0 Å². The molecule has 2 N–H and O–H groups in total. The second kappa shape index (κ2) is 7.19. The van der Waals surface area contributed by atoms with Gasteiger partial charge < -0.3 is 14.9 Å². The minimum atomic E-state index is -6.21. The fourth-order valence-corrected chi connectivity index (χ4v) is 0.848. The first-order chi connectivity index (χ1) is 9.72. The van der Waals surface area contributed by atoms with Crippen LogP contribution in [0.25, 0.3) is 0 Å². The topological polar surface area (TPSA) is 58.9 Å². The molecule has 0 saturated carbocycles. The van der Waals surface area contributed by atoms with Gasteiger partial charge in [-0.1, -0.05) is 0 Å². The Morgan fingerprint density at radius 1 is 0.864 bits per heavy atom. The van der Waals surface area contributed by atoms with Crippen LogP contribution in [0.4, 0.5) is 39.5 Å². The van der Waals surface area contributed by atoms with Crippen molar-refractivity contribution in [1.29, 1.82) is 0 Å². The van der Waals surface area contributed by atoms with Crippen LogP contribution in [0.5, 0.6) is 0 Å². The summed E-state index contributed by atoms with van der Waals surface area (Å²) in [6.45, 7) is -7.46. The second-order valence-corrected chi connectivity index (χ2v) is 4.03. The van der Waals surface area contributed by atoms with Crippen LogP contribution < -0.4 is 0 Å². The molecule has 0 aliphatic heterocycles. The van der Waals surface area contributed by atoms with E-state index in [0.717, 1.165) is 0 Å². The molecule has 1 atom stereocenters. The molecule has 13 heteroatoms. The quantitative estimate of drug-likeness (QED) is 0.588. The highest BCUT2D eigenvalue weighted by atomic mass is 19.3. The standard InChI is InChI=1S/C9H11F9O4/c10-3-6(11,12)8(15,16)22-9(17,18)7(13,14)4-21-2-5(20)1-19/h5,19-20H,1-4H2. The van der Waals surface area contributed by atoms with Crippen LogP contribution in [0.2, 0.25) is 0 Å². The van der Waals surface area contributed by atoms with E-state index in [9.17, 15) is 39.5 Å². The van der Waals surface area contributed by atoms with Crippen molar-refractivity contribution in [3.63, 3.8) is 0 Å². The number of aliphatic hydroxyl groups is 2. The largest absolute Gasteiger partial charge is 0.426 e. The number of halogens is 9. The highest BCUT2D eigenvalue weighted by Gasteiger charge is 2.69. The summed E-state index contributed by atoms with van der Waals surface area (Å²) in [4.78, 5) is 0. The lowest BCUT2D eigenvalue weighted by Gasteiger charge is -2.31. The third-order valence-electron chi connectivity index (χ3n) is 2.08. The van der Waals surface area contributed by atoms with Gasteiger partial charge in [-0.2, -0.15) is 35.1 Å². The minimum absolute atomic E-state index is 0.973. The molecule has 0 amide bonds. The predicted octanol–water partition coefficient (Wildman–Crippen LogP) is 1.80. The minimum Gasteiger partial charge on any atom is -0.394 e. The van der Waals surface area contributed by atoms with E-state index < -0.39 is 56.7 Å². The van der Waals surface area contributed by atoms with Crippen molar-refractivity contribution in [2.24, 2.45) is 0 Å². The highest BCUT2D eigenvalue weighted by Crippen LogP contribution is 2.45. The van der Waals surface area contributed by atoms with Crippen LogP contribution in [0.3, 0.4) is 0 Å². The molecule has 0 aromatic rings. The number of hydrogen-bond acceptors (Lipinski definition) is 4. The lowest BCUT2D eigenvalue weighted by molar-refractivity contribution is -0.470. The number of ether oxygens (including phenoxy) is 2. The molecule has 0 radical (unpaired) electrons. The van der Waals surface area contributed by atoms with Crippen LogP contribution in [-0.2, 0) is 9.47 Å². The molecule has 22 heavy (non-hydrogen) atoms. The fraction of sp³-hybridized carbons (Fsp3) is 1.00. The van der Waals surface area contributed by atoms with E-state index in [0.29, 0.717) is 0 Å². The van der Waals surface area contributed by atoms with E-state index >= 15 is 0 Å². The van der Waals surface area contributed by atoms with Gasteiger partial charge in [0.1, 0.15) is 12.7 Å². The van der Waals surface area contributed by atoms with Crippen LogP contribution in [0.15, 0.2) is 0 Å². The molecule has 0 aliphatic rings. The zero-order valence-corrected chi connectivity index (χ0v) is 10.5. The summed E-state index contributed by atoms with van der Waals surface area (Å²) < 4.78 is 119. The van der Waals surface area contributed by atoms with E-state index in [1.165, 1.54) is 0 Å². The van der Waals surface area contributed by atoms with Crippen LogP contribution in [0, 0.1) is 0 Å². The van der Waals surface area contributed by atoms with Crippen LogP contribution >= 0.6 is 0 Å². The maximum Gasteiger partial charge on any atom is 0.426 e. The number of rotatable bonds is 10. The molecular weight excluding hydrogens is 343 g/mol. The van der Waals surface area contributed by atoms with Crippen molar-refractivity contribution in [2.45, 2.75) is 30.2 Å². The van der Waals surface area contributed by atoms with Gasteiger partial charge in [0.05, 0.1) is 13.2 Å². The first kappa shape index (κ1) is 21.2. The summed E-state index contributed by atoms with van der Waals surface area (Å²) in [5.41, 5.74) is 0. The molecule has 0 rings (SSSR count). The molecule has 1 unspecified atom stereocenters. The Bertz CT molecular complexity index is 350. The van der Waals surface area contributed by atoms with Crippen LogP contribution in [-0.4, -0.2) is 66.9 Å². The summed E-state index contributed by atoms with van der Waals surface area (Å²) in [6, 6.07) is 0. The number of alkyl halides is 9. The molecule has 0 aliphatic carbocycles. The lowest BCUT2D eigenvalue weighted by atomic mass is 10.3. The Labute approximate surface area is 117 Å². The Kier molecular flexibility index (Phi) is 6.93. The van der Waals surface area contributed by atoms with Gasteiger partial charge in [-0.25, -0.2) is 9.13 Å². The highest BCUT2D eigenvalue weighted by molar-refractivity contribution is 4.83. The van der Waals surface area contributed by atoms with Gasteiger partial charge in [0, 0.05) is 0 Å². The molecule has 0 aromatic heterocycles. The molecule has 0 bridgehead atoms. The molecule has 0 spiro atoms. The van der Waals surface area contributed by atoms with Crippen molar-refractivity contribution in [3.8, 4) is 0 Å². The summed E-state index contributed by atoms with van der Waals surface area (Å²) in [5, 5.41) is 17.0. The predicted molar refractivity (Wildman–Crippen MR) is 50.8 cm³/mol. The zero-order valence-electron chi connectivity index (χ0n) is 10.5. The van der Waals surface area contributed by atoms with Crippen molar-refractivity contribution in [2.75, 3.05) is 26.5 Å². The van der Waals surface area contributed by atoms with E-state index in [-0.39, 0.29) is 0 Å². The molecule has 0 heterocycles. The summed E-state index contributed by atoms with van der Waals surface area (Å²) in [6.07, 6.45) is -14.1. The third-order valence-corrected chi connectivity index (χ3v) is 2.08. The molecular formula is C9H11F9O4. The first-order valence-corrected chi connectivity index (χ1v) is 5.36. The first-order valence-electron chi connectivity index (χ1n) is 5.36.